The monoisotopic (exact) mass is 287 g/mol. The van der Waals surface area contributed by atoms with Crippen LogP contribution in [0.4, 0.5) is 5.69 Å². The minimum atomic E-state index is -0.295. The van der Waals surface area contributed by atoms with Crippen LogP contribution in [0.3, 0.4) is 0 Å². The van der Waals surface area contributed by atoms with Gasteiger partial charge in [0.15, 0.2) is 0 Å². The van der Waals surface area contributed by atoms with E-state index in [0.717, 1.165) is 0 Å². The summed E-state index contributed by atoms with van der Waals surface area (Å²) in [7, 11) is 1.56. The van der Waals surface area contributed by atoms with Crippen LogP contribution in [0.25, 0.3) is 0 Å². The highest BCUT2D eigenvalue weighted by Crippen LogP contribution is 2.30. The van der Waals surface area contributed by atoms with Gasteiger partial charge in [0, 0.05) is 11.1 Å². The maximum absolute atomic E-state index is 12.3. The minimum absolute atomic E-state index is 0.102. The van der Waals surface area contributed by atoms with Gasteiger partial charge in [0.25, 0.3) is 11.5 Å². The van der Waals surface area contributed by atoms with Crippen LogP contribution in [0.2, 0.25) is 5.02 Å². The molecule has 1 aliphatic heterocycles. The van der Waals surface area contributed by atoms with Gasteiger partial charge in [-0.05, 0) is 36.4 Å². The van der Waals surface area contributed by atoms with E-state index in [4.69, 9.17) is 16.3 Å². The molecule has 0 aromatic heterocycles. The zero-order valence-corrected chi connectivity index (χ0v) is 11.3. The average molecular weight is 288 g/mol. The Morgan fingerprint density at radius 1 is 1.15 bits per heavy atom. The summed E-state index contributed by atoms with van der Waals surface area (Å²) in [5.74, 6) is 0.370. The number of fused-ring (bicyclic) bond motifs is 1. The lowest BCUT2D eigenvalue weighted by Crippen LogP contribution is -2.16. The molecule has 0 fully saturated rings. The SMILES string of the molecule is COc1ccc(C2=[N+]([O-])c3cc(Cl)ccc3C2=O)cc1. The smallest absolute Gasteiger partial charge is 0.272 e. The van der Waals surface area contributed by atoms with Gasteiger partial charge in [-0.2, -0.15) is 4.74 Å². The first-order valence-corrected chi connectivity index (χ1v) is 6.32. The van der Waals surface area contributed by atoms with Gasteiger partial charge >= 0.3 is 0 Å². The number of methoxy groups -OCH3 is 1. The van der Waals surface area contributed by atoms with Gasteiger partial charge in [-0.25, -0.2) is 0 Å². The molecule has 0 saturated carbocycles. The molecular formula is C15H10ClNO3. The Kier molecular flexibility index (Phi) is 2.95. The largest absolute Gasteiger partial charge is 0.618 e. The number of benzene rings is 2. The minimum Gasteiger partial charge on any atom is -0.618 e. The van der Waals surface area contributed by atoms with Gasteiger partial charge in [0.1, 0.15) is 11.3 Å². The van der Waals surface area contributed by atoms with E-state index in [1.165, 1.54) is 6.07 Å². The molecule has 0 saturated heterocycles. The van der Waals surface area contributed by atoms with Crippen molar-refractivity contribution >= 4 is 28.8 Å². The Labute approximate surface area is 120 Å². The fourth-order valence-electron chi connectivity index (χ4n) is 2.20. The molecule has 20 heavy (non-hydrogen) atoms. The van der Waals surface area contributed by atoms with Crippen LogP contribution >= 0.6 is 11.6 Å². The Balaban J connectivity index is 2.12. The number of ether oxygens (including phenoxy) is 1. The van der Waals surface area contributed by atoms with Gasteiger partial charge < -0.3 is 9.94 Å². The van der Waals surface area contributed by atoms with Crippen LogP contribution in [0, 0.1) is 5.21 Å². The van der Waals surface area contributed by atoms with Crippen molar-refractivity contribution in [3.05, 3.63) is 63.8 Å². The number of Topliss-reactive ketones (excluding diaryl/α,β-unsaturated/α-hetero) is 1. The van der Waals surface area contributed by atoms with Gasteiger partial charge in [-0.1, -0.05) is 11.6 Å². The van der Waals surface area contributed by atoms with E-state index in [0.29, 0.717) is 26.6 Å². The molecule has 0 aliphatic carbocycles. The topological polar surface area (TPSA) is 52.4 Å². The number of hydrogen-bond donors (Lipinski definition) is 0. The summed E-state index contributed by atoms with van der Waals surface area (Å²) in [6.07, 6.45) is 0. The van der Waals surface area contributed by atoms with Gasteiger partial charge in [0.05, 0.1) is 12.7 Å². The van der Waals surface area contributed by atoms with Crippen molar-refractivity contribution in [2.24, 2.45) is 0 Å². The van der Waals surface area contributed by atoms with Crippen LogP contribution < -0.4 is 4.74 Å². The zero-order valence-electron chi connectivity index (χ0n) is 10.6. The first kappa shape index (κ1) is 12.7. The number of carbonyl (C=O) groups excluding carboxylic acids is 1. The first-order valence-electron chi connectivity index (χ1n) is 5.94. The molecule has 4 nitrogen and oxygen atoms in total. The molecule has 0 bridgehead atoms. The predicted molar refractivity (Wildman–Crippen MR) is 76.2 cm³/mol. The van der Waals surface area contributed by atoms with Gasteiger partial charge in [-0.15, -0.1) is 0 Å². The highest BCUT2D eigenvalue weighted by atomic mass is 35.5. The summed E-state index contributed by atoms with van der Waals surface area (Å²) < 4.78 is 5.69. The van der Waals surface area contributed by atoms with Crippen LogP contribution in [-0.4, -0.2) is 23.3 Å². The molecule has 5 heteroatoms. The maximum atomic E-state index is 12.3. The van der Waals surface area contributed by atoms with Crippen molar-refractivity contribution in [2.45, 2.75) is 0 Å². The van der Waals surface area contributed by atoms with Crippen molar-refractivity contribution in [3.8, 4) is 5.75 Å². The number of hydrogen-bond acceptors (Lipinski definition) is 3. The predicted octanol–water partition coefficient (Wildman–Crippen LogP) is 3.18. The summed E-state index contributed by atoms with van der Waals surface area (Å²) in [4.78, 5) is 12.3. The summed E-state index contributed by atoms with van der Waals surface area (Å²) in [6.45, 7) is 0. The highest BCUT2D eigenvalue weighted by molar-refractivity contribution is 6.52. The van der Waals surface area contributed by atoms with Crippen molar-refractivity contribution in [1.82, 2.24) is 0 Å². The average Bonchev–Trinajstić information content (AvgIpc) is 2.71. The van der Waals surface area contributed by atoms with Gasteiger partial charge in [0.2, 0.25) is 5.69 Å². The van der Waals surface area contributed by atoms with E-state index >= 15 is 0 Å². The lowest BCUT2D eigenvalue weighted by Gasteiger charge is -2.03. The van der Waals surface area contributed by atoms with E-state index < -0.39 is 0 Å². The van der Waals surface area contributed by atoms with E-state index in [2.05, 4.69) is 0 Å². The third-order valence-corrected chi connectivity index (χ3v) is 3.44. The van der Waals surface area contributed by atoms with E-state index in [-0.39, 0.29) is 17.2 Å². The molecule has 0 radical (unpaired) electrons. The molecule has 0 unspecified atom stereocenters. The van der Waals surface area contributed by atoms with Crippen molar-refractivity contribution in [1.29, 1.82) is 0 Å². The number of ketones is 1. The summed E-state index contributed by atoms with van der Waals surface area (Å²) in [5.41, 5.74) is 1.31. The summed E-state index contributed by atoms with van der Waals surface area (Å²) in [6, 6.07) is 11.5. The zero-order chi connectivity index (χ0) is 14.3. The lowest BCUT2D eigenvalue weighted by atomic mass is 10.0. The Bertz CT molecular complexity index is 735. The molecule has 0 amide bonds. The molecule has 0 spiro atoms. The van der Waals surface area contributed by atoms with Crippen molar-refractivity contribution in [2.75, 3.05) is 7.11 Å². The molecular weight excluding hydrogens is 278 g/mol. The molecule has 0 atom stereocenters. The number of carbonyl (C=O) groups is 1. The first-order chi connectivity index (χ1) is 9.61. The number of rotatable bonds is 2. The number of nitrogens with zero attached hydrogens (tertiary/aromatic N) is 1. The molecule has 1 heterocycles. The van der Waals surface area contributed by atoms with Crippen molar-refractivity contribution in [3.63, 3.8) is 0 Å². The van der Waals surface area contributed by atoms with Crippen LogP contribution in [-0.2, 0) is 0 Å². The number of halogens is 1. The molecule has 2 aromatic rings. The highest BCUT2D eigenvalue weighted by Gasteiger charge is 2.36. The fraction of sp³-hybridized carbons (Fsp3) is 0.0667. The Morgan fingerprint density at radius 2 is 1.85 bits per heavy atom. The summed E-state index contributed by atoms with van der Waals surface area (Å²) in [5, 5.41) is 12.7. The van der Waals surface area contributed by atoms with E-state index in [9.17, 15) is 10.0 Å². The molecule has 3 rings (SSSR count). The van der Waals surface area contributed by atoms with Crippen LogP contribution in [0.1, 0.15) is 15.9 Å². The van der Waals surface area contributed by atoms with E-state index in [1.807, 2.05) is 0 Å². The van der Waals surface area contributed by atoms with Gasteiger partial charge in [-0.3, -0.25) is 4.79 Å². The standard InChI is InChI=1S/C15H10ClNO3/c1-20-11-5-2-9(3-6-11)14-15(18)12-7-4-10(16)8-13(12)17(14)19/h2-8H,1H3. The maximum Gasteiger partial charge on any atom is 0.272 e. The van der Waals surface area contributed by atoms with Crippen LogP contribution in [0.15, 0.2) is 42.5 Å². The molecule has 0 N–H and O–H groups in total. The Hall–Kier alpha value is -2.33. The van der Waals surface area contributed by atoms with Crippen LogP contribution in [0.5, 0.6) is 5.75 Å². The third-order valence-electron chi connectivity index (χ3n) is 3.20. The van der Waals surface area contributed by atoms with E-state index in [1.54, 1.807) is 43.5 Å². The second-order valence-corrected chi connectivity index (χ2v) is 4.80. The fourth-order valence-corrected chi connectivity index (χ4v) is 2.37. The normalized spacial score (nSPS) is 13.6. The molecule has 1 aliphatic rings. The molecule has 100 valence electrons. The second kappa shape index (κ2) is 4.65. The second-order valence-electron chi connectivity index (χ2n) is 4.36. The Morgan fingerprint density at radius 3 is 2.50 bits per heavy atom. The molecule has 2 aromatic carbocycles. The quantitative estimate of drug-likeness (QED) is 0.630. The lowest BCUT2D eigenvalue weighted by molar-refractivity contribution is -0.355. The third kappa shape index (κ3) is 1.85. The summed E-state index contributed by atoms with van der Waals surface area (Å²) >= 11 is 5.87. The van der Waals surface area contributed by atoms with Crippen molar-refractivity contribution < 1.29 is 14.3 Å².